The van der Waals surface area contributed by atoms with Gasteiger partial charge in [0.25, 0.3) is 0 Å². The maximum Gasteiger partial charge on any atom is 0.314 e. The molecule has 2 rings (SSSR count). The summed E-state index contributed by atoms with van der Waals surface area (Å²) in [5.41, 5.74) is 0.0543. The molecule has 0 amide bonds. The molecule has 1 aromatic carbocycles. The maximum absolute atomic E-state index is 11.2. The zero-order valence-electron chi connectivity index (χ0n) is 7.66. The summed E-state index contributed by atoms with van der Waals surface area (Å²) in [6, 6.07) is 7.22. The van der Waals surface area contributed by atoms with Gasteiger partial charge >= 0.3 is 5.97 Å². The molecule has 1 aromatic rings. The molecule has 14 heavy (non-hydrogen) atoms. The molecule has 0 aliphatic heterocycles. The molecule has 0 spiro atoms. The Morgan fingerprint density at radius 2 is 2.00 bits per heavy atom. The monoisotopic (exact) mass is 210 g/mol. The summed E-state index contributed by atoms with van der Waals surface area (Å²) in [4.78, 5) is 11.2. The average Bonchev–Trinajstić information content (AvgIpc) is 2.05. The van der Waals surface area contributed by atoms with Crippen LogP contribution in [-0.2, 0) is 10.2 Å². The molecule has 0 aromatic heterocycles. The van der Waals surface area contributed by atoms with Crippen LogP contribution in [0.4, 0.5) is 0 Å². The molecule has 3 heteroatoms. The van der Waals surface area contributed by atoms with Gasteiger partial charge in [-0.15, -0.1) is 0 Å². The largest absolute Gasteiger partial charge is 0.481 e. The van der Waals surface area contributed by atoms with Crippen LogP contribution in [0.5, 0.6) is 0 Å². The molecule has 0 atom stereocenters. The molecule has 0 saturated heterocycles. The average molecular weight is 211 g/mol. The van der Waals surface area contributed by atoms with Gasteiger partial charge in [-0.1, -0.05) is 36.2 Å². The second-order valence-corrected chi connectivity index (χ2v) is 4.13. The van der Waals surface area contributed by atoms with E-state index in [0.717, 1.165) is 12.0 Å². The Morgan fingerprint density at radius 1 is 1.36 bits per heavy atom. The Hall–Kier alpha value is -1.02. The van der Waals surface area contributed by atoms with Gasteiger partial charge in [-0.05, 0) is 24.5 Å². The number of hydrogen-bond acceptors (Lipinski definition) is 1. The molecular formula is C11H11ClO2. The quantitative estimate of drug-likeness (QED) is 0.815. The normalized spacial score (nSPS) is 18.6. The van der Waals surface area contributed by atoms with Crippen LogP contribution in [0, 0.1) is 0 Å². The smallest absolute Gasteiger partial charge is 0.314 e. The third-order valence-corrected chi connectivity index (χ3v) is 3.34. The van der Waals surface area contributed by atoms with Gasteiger partial charge in [0, 0.05) is 5.02 Å². The van der Waals surface area contributed by atoms with Crippen molar-refractivity contribution in [3.63, 3.8) is 0 Å². The van der Waals surface area contributed by atoms with Crippen LogP contribution >= 0.6 is 11.6 Å². The van der Waals surface area contributed by atoms with Crippen LogP contribution in [-0.4, -0.2) is 11.1 Å². The van der Waals surface area contributed by atoms with E-state index in [1.165, 1.54) is 0 Å². The minimum Gasteiger partial charge on any atom is -0.481 e. The lowest BCUT2D eigenvalue weighted by molar-refractivity contribution is -0.147. The fraction of sp³-hybridized carbons (Fsp3) is 0.364. The maximum atomic E-state index is 11.2. The molecule has 0 unspecified atom stereocenters. The van der Waals surface area contributed by atoms with Gasteiger partial charge in [-0.25, -0.2) is 0 Å². The van der Waals surface area contributed by atoms with Crippen LogP contribution in [0.15, 0.2) is 24.3 Å². The fourth-order valence-electron chi connectivity index (χ4n) is 1.98. The minimum atomic E-state index is -0.753. The number of aliphatic carboxylic acids is 1. The van der Waals surface area contributed by atoms with Crippen LogP contribution in [0.1, 0.15) is 24.8 Å². The van der Waals surface area contributed by atoms with Crippen molar-refractivity contribution in [1.29, 1.82) is 0 Å². The van der Waals surface area contributed by atoms with Crippen molar-refractivity contribution in [3.8, 4) is 0 Å². The Morgan fingerprint density at radius 3 is 2.43 bits per heavy atom. The van der Waals surface area contributed by atoms with E-state index >= 15 is 0 Å². The van der Waals surface area contributed by atoms with E-state index in [2.05, 4.69) is 0 Å². The van der Waals surface area contributed by atoms with E-state index in [1.54, 1.807) is 6.07 Å². The molecule has 1 aliphatic rings. The lowest BCUT2D eigenvalue weighted by Gasteiger charge is -2.38. The molecular weight excluding hydrogens is 200 g/mol. The van der Waals surface area contributed by atoms with E-state index in [9.17, 15) is 9.90 Å². The molecule has 1 aliphatic carbocycles. The highest BCUT2D eigenvalue weighted by molar-refractivity contribution is 6.31. The molecule has 1 fully saturated rings. The van der Waals surface area contributed by atoms with Crippen LogP contribution in [0.3, 0.4) is 0 Å². The topological polar surface area (TPSA) is 37.3 Å². The molecule has 74 valence electrons. The van der Waals surface area contributed by atoms with Crippen molar-refractivity contribution in [2.75, 3.05) is 0 Å². The molecule has 1 N–H and O–H groups in total. The van der Waals surface area contributed by atoms with Crippen molar-refractivity contribution in [2.45, 2.75) is 24.7 Å². The summed E-state index contributed by atoms with van der Waals surface area (Å²) < 4.78 is 0. The van der Waals surface area contributed by atoms with Gasteiger partial charge in [-0.3, -0.25) is 4.79 Å². The number of hydrogen-bond donors (Lipinski definition) is 1. The lowest BCUT2D eigenvalue weighted by Crippen LogP contribution is -2.42. The highest BCUT2D eigenvalue weighted by atomic mass is 35.5. The van der Waals surface area contributed by atoms with Crippen molar-refractivity contribution in [2.24, 2.45) is 0 Å². The first kappa shape index (κ1) is 9.53. The lowest BCUT2D eigenvalue weighted by atomic mass is 9.64. The molecule has 0 bridgehead atoms. The number of carboxylic acids is 1. The number of carboxylic acid groups (broad SMARTS) is 1. The first-order chi connectivity index (χ1) is 6.67. The Balaban J connectivity index is 2.47. The number of rotatable bonds is 2. The number of benzene rings is 1. The van der Waals surface area contributed by atoms with E-state index in [0.29, 0.717) is 17.9 Å². The zero-order chi connectivity index (χ0) is 10.2. The van der Waals surface area contributed by atoms with E-state index in [1.807, 2.05) is 18.2 Å². The highest BCUT2D eigenvalue weighted by Gasteiger charge is 2.46. The molecule has 0 radical (unpaired) electrons. The number of carbonyl (C=O) groups is 1. The van der Waals surface area contributed by atoms with Crippen molar-refractivity contribution in [3.05, 3.63) is 34.9 Å². The molecule has 2 nitrogen and oxygen atoms in total. The summed E-state index contributed by atoms with van der Waals surface area (Å²) in [7, 11) is 0. The van der Waals surface area contributed by atoms with Crippen LogP contribution in [0.25, 0.3) is 0 Å². The van der Waals surface area contributed by atoms with Crippen LogP contribution < -0.4 is 0 Å². The van der Waals surface area contributed by atoms with Crippen molar-refractivity contribution in [1.82, 2.24) is 0 Å². The van der Waals surface area contributed by atoms with Gasteiger partial charge in [0.15, 0.2) is 0 Å². The fourth-order valence-corrected chi connectivity index (χ4v) is 2.29. The zero-order valence-corrected chi connectivity index (χ0v) is 8.42. The summed E-state index contributed by atoms with van der Waals surface area (Å²) in [5, 5.41) is 9.77. The molecule has 1 saturated carbocycles. The molecule has 0 heterocycles. The second-order valence-electron chi connectivity index (χ2n) is 3.72. The van der Waals surface area contributed by atoms with Gasteiger partial charge in [-0.2, -0.15) is 0 Å². The summed E-state index contributed by atoms with van der Waals surface area (Å²) in [6.07, 6.45) is 2.37. The number of halogens is 1. The van der Waals surface area contributed by atoms with E-state index in [4.69, 9.17) is 11.6 Å². The predicted octanol–water partition coefficient (Wildman–Crippen LogP) is 2.85. The highest BCUT2D eigenvalue weighted by Crippen LogP contribution is 2.46. The van der Waals surface area contributed by atoms with E-state index in [-0.39, 0.29) is 0 Å². The minimum absolute atomic E-state index is 0.564. The second kappa shape index (κ2) is 3.28. The third-order valence-electron chi connectivity index (χ3n) is 3.01. The first-order valence-corrected chi connectivity index (χ1v) is 5.03. The Bertz CT molecular complexity index is 369. The standard InChI is InChI=1S/C11H11ClO2/c12-9-5-2-1-4-8(9)11(10(13)14)6-3-7-11/h1-2,4-5H,3,6-7H2,(H,13,14). The predicted molar refractivity (Wildman–Crippen MR) is 54.6 cm³/mol. The van der Waals surface area contributed by atoms with Gasteiger partial charge in [0.2, 0.25) is 0 Å². The van der Waals surface area contributed by atoms with Crippen LogP contribution in [0.2, 0.25) is 5.02 Å². The SMILES string of the molecule is O=C(O)C1(c2ccccc2Cl)CCC1. The summed E-state index contributed by atoms with van der Waals surface area (Å²) in [5.74, 6) is -0.753. The summed E-state index contributed by atoms with van der Waals surface area (Å²) >= 11 is 6.00. The third kappa shape index (κ3) is 1.22. The van der Waals surface area contributed by atoms with Gasteiger partial charge in [0.05, 0.1) is 5.41 Å². The first-order valence-electron chi connectivity index (χ1n) is 4.65. The van der Waals surface area contributed by atoms with Gasteiger partial charge in [0.1, 0.15) is 0 Å². The van der Waals surface area contributed by atoms with Crippen molar-refractivity contribution < 1.29 is 9.90 Å². The van der Waals surface area contributed by atoms with E-state index < -0.39 is 11.4 Å². The van der Waals surface area contributed by atoms with Crippen molar-refractivity contribution >= 4 is 17.6 Å². The summed E-state index contributed by atoms with van der Waals surface area (Å²) in [6.45, 7) is 0. The van der Waals surface area contributed by atoms with Gasteiger partial charge < -0.3 is 5.11 Å². The Labute approximate surface area is 87.5 Å². The Kier molecular flexibility index (Phi) is 2.23.